The summed E-state index contributed by atoms with van der Waals surface area (Å²) in [4.78, 5) is 12.1. The van der Waals surface area contributed by atoms with Crippen molar-refractivity contribution in [3.63, 3.8) is 0 Å². The molecular formula is C17H26N2O. The summed E-state index contributed by atoms with van der Waals surface area (Å²) in [7, 11) is 0. The van der Waals surface area contributed by atoms with Crippen molar-refractivity contribution in [2.45, 2.75) is 64.6 Å². The highest BCUT2D eigenvalue weighted by atomic mass is 16.2. The monoisotopic (exact) mass is 274 g/mol. The van der Waals surface area contributed by atoms with Crippen molar-refractivity contribution in [1.82, 2.24) is 10.6 Å². The Morgan fingerprint density at radius 3 is 2.35 bits per heavy atom. The molecule has 3 heteroatoms. The zero-order valence-electron chi connectivity index (χ0n) is 12.8. The number of rotatable bonds is 5. The molecule has 1 saturated carbocycles. The lowest BCUT2D eigenvalue weighted by Gasteiger charge is -2.22. The highest BCUT2D eigenvalue weighted by Crippen LogP contribution is 2.18. The molecule has 1 aromatic carbocycles. The Labute approximate surface area is 122 Å². The van der Waals surface area contributed by atoms with E-state index in [1.165, 1.54) is 24.0 Å². The summed E-state index contributed by atoms with van der Waals surface area (Å²) >= 11 is 0. The predicted octanol–water partition coefficient (Wildman–Crippen LogP) is 3.09. The van der Waals surface area contributed by atoms with Crippen LogP contribution in [0.3, 0.4) is 0 Å². The van der Waals surface area contributed by atoms with Crippen LogP contribution in [0, 0.1) is 6.92 Å². The van der Waals surface area contributed by atoms with Gasteiger partial charge in [-0.15, -0.1) is 0 Å². The predicted molar refractivity (Wildman–Crippen MR) is 82.6 cm³/mol. The average molecular weight is 274 g/mol. The fourth-order valence-corrected chi connectivity index (χ4v) is 2.80. The maximum Gasteiger partial charge on any atom is 0.237 e. The molecule has 0 aromatic heterocycles. The first-order chi connectivity index (χ1) is 9.56. The van der Waals surface area contributed by atoms with Gasteiger partial charge in [0.05, 0.1) is 6.04 Å². The number of carbonyl (C=O) groups is 1. The summed E-state index contributed by atoms with van der Waals surface area (Å²) in [5, 5.41) is 6.52. The van der Waals surface area contributed by atoms with E-state index in [-0.39, 0.29) is 18.0 Å². The van der Waals surface area contributed by atoms with E-state index in [1.54, 1.807) is 0 Å². The number of benzene rings is 1. The van der Waals surface area contributed by atoms with Gasteiger partial charge in [0, 0.05) is 12.1 Å². The molecule has 0 saturated heterocycles. The summed E-state index contributed by atoms with van der Waals surface area (Å²) in [5.41, 5.74) is 2.48. The molecule has 110 valence electrons. The lowest BCUT2D eigenvalue weighted by molar-refractivity contribution is -0.123. The summed E-state index contributed by atoms with van der Waals surface area (Å²) in [6.45, 7) is 6.12. The zero-order chi connectivity index (χ0) is 14.5. The van der Waals surface area contributed by atoms with Crippen molar-refractivity contribution in [2.24, 2.45) is 0 Å². The average Bonchev–Trinajstić information content (AvgIpc) is 2.92. The molecule has 0 radical (unpaired) electrons. The van der Waals surface area contributed by atoms with E-state index < -0.39 is 0 Å². The van der Waals surface area contributed by atoms with Crippen molar-refractivity contribution >= 4 is 5.91 Å². The van der Waals surface area contributed by atoms with Gasteiger partial charge in [0.15, 0.2) is 0 Å². The number of aryl methyl sites for hydroxylation is 1. The quantitative estimate of drug-likeness (QED) is 0.866. The molecule has 2 N–H and O–H groups in total. The molecule has 3 nitrogen and oxygen atoms in total. The molecule has 0 spiro atoms. The second kappa shape index (κ2) is 6.89. The Morgan fingerprint density at radius 2 is 1.75 bits per heavy atom. The van der Waals surface area contributed by atoms with Gasteiger partial charge in [-0.3, -0.25) is 10.1 Å². The number of nitrogens with one attached hydrogen (secondary N) is 2. The van der Waals surface area contributed by atoms with E-state index in [9.17, 15) is 4.79 Å². The van der Waals surface area contributed by atoms with Crippen molar-refractivity contribution in [3.05, 3.63) is 35.4 Å². The van der Waals surface area contributed by atoms with Gasteiger partial charge in [0.25, 0.3) is 0 Å². The fraction of sp³-hybridized carbons (Fsp3) is 0.588. The van der Waals surface area contributed by atoms with Crippen LogP contribution in [0.25, 0.3) is 0 Å². The van der Waals surface area contributed by atoms with Gasteiger partial charge >= 0.3 is 0 Å². The second-order valence-electron chi connectivity index (χ2n) is 6.01. The van der Waals surface area contributed by atoms with Crippen molar-refractivity contribution in [1.29, 1.82) is 0 Å². The van der Waals surface area contributed by atoms with Crippen molar-refractivity contribution in [2.75, 3.05) is 0 Å². The summed E-state index contributed by atoms with van der Waals surface area (Å²) < 4.78 is 0. The van der Waals surface area contributed by atoms with Crippen LogP contribution in [-0.4, -0.2) is 18.0 Å². The molecule has 1 aliphatic rings. The van der Waals surface area contributed by atoms with E-state index in [4.69, 9.17) is 0 Å². The van der Waals surface area contributed by atoms with Gasteiger partial charge in [0.1, 0.15) is 0 Å². The molecule has 1 fully saturated rings. The first-order valence-electron chi connectivity index (χ1n) is 7.69. The molecule has 0 bridgehead atoms. The van der Waals surface area contributed by atoms with Gasteiger partial charge in [-0.2, -0.15) is 0 Å². The molecule has 1 unspecified atom stereocenters. The smallest absolute Gasteiger partial charge is 0.237 e. The third kappa shape index (κ3) is 4.07. The Bertz CT molecular complexity index is 435. The van der Waals surface area contributed by atoms with Gasteiger partial charge < -0.3 is 5.32 Å². The fourth-order valence-electron chi connectivity index (χ4n) is 2.80. The minimum Gasteiger partial charge on any atom is -0.352 e. The zero-order valence-corrected chi connectivity index (χ0v) is 12.8. The Hall–Kier alpha value is -1.35. The summed E-state index contributed by atoms with van der Waals surface area (Å²) in [6.07, 6.45) is 4.75. The molecular weight excluding hydrogens is 248 g/mol. The first kappa shape index (κ1) is 15.0. The molecule has 1 aromatic rings. The third-order valence-corrected chi connectivity index (χ3v) is 4.17. The van der Waals surface area contributed by atoms with Gasteiger partial charge in [-0.1, -0.05) is 42.7 Å². The Balaban J connectivity index is 1.84. The molecule has 2 rings (SSSR count). The van der Waals surface area contributed by atoms with Crippen LogP contribution >= 0.6 is 0 Å². The van der Waals surface area contributed by atoms with Crippen molar-refractivity contribution in [3.8, 4) is 0 Å². The number of hydrogen-bond acceptors (Lipinski definition) is 2. The van der Waals surface area contributed by atoms with E-state index >= 15 is 0 Å². The van der Waals surface area contributed by atoms with E-state index in [1.807, 2.05) is 6.92 Å². The molecule has 1 aliphatic carbocycles. The van der Waals surface area contributed by atoms with Gasteiger partial charge in [-0.25, -0.2) is 0 Å². The molecule has 2 atom stereocenters. The van der Waals surface area contributed by atoms with Crippen LogP contribution in [0.1, 0.15) is 56.7 Å². The first-order valence-corrected chi connectivity index (χ1v) is 7.69. The second-order valence-corrected chi connectivity index (χ2v) is 6.01. The number of carbonyl (C=O) groups excluding carboxylic acids is 1. The molecule has 1 amide bonds. The largest absolute Gasteiger partial charge is 0.352 e. The third-order valence-electron chi connectivity index (χ3n) is 4.17. The van der Waals surface area contributed by atoms with Crippen LogP contribution in [0.15, 0.2) is 24.3 Å². The summed E-state index contributed by atoms with van der Waals surface area (Å²) in [5.74, 6) is 0.121. The van der Waals surface area contributed by atoms with Crippen molar-refractivity contribution < 1.29 is 4.79 Å². The number of hydrogen-bond donors (Lipinski definition) is 2. The Kier molecular flexibility index (Phi) is 5.18. The highest BCUT2D eigenvalue weighted by molar-refractivity contribution is 5.81. The minimum absolute atomic E-state index is 0.121. The van der Waals surface area contributed by atoms with E-state index in [0.29, 0.717) is 6.04 Å². The van der Waals surface area contributed by atoms with Gasteiger partial charge in [-0.05, 0) is 39.2 Å². The van der Waals surface area contributed by atoms with Crippen LogP contribution in [-0.2, 0) is 4.79 Å². The normalized spacial score (nSPS) is 18.8. The molecule has 20 heavy (non-hydrogen) atoms. The van der Waals surface area contributed by atoms with E-state index in [0.717, 1.165) is 12.8 Å². The maximum atomic E-state index is 12.1. The topological polar surface area (TPSA) is 41.1 Å². The number of amides is 1. The SMILES string of the molecule is Cc1ccc([C@H](C)NC(C)C(=O)NC2CCCC2)cc1. The maximum absolute atomic E-state index is 12.1. The molecule has 0 heterocycles. The lowest BCUT2D eigenvalue weighted by Crippen LogP contribution is -2.46. The van der Waals surface area contributed by atoms with Gasteiger partial charge in [0.2, 0.25) is 5.91 Å². The van der Waals surface area contributed by atoms with Crippen LogP contribution in [0.5, 0.6) is 0 Å². The molecule has 0 aliphatic heterocycles. The van der Waals surface area contributed by atoms with E-state index in [2.05, 4.69) is 48.7 Å². The van der Waals surface area contributed by atoms with Crippen LogP contribution in [0.2, 0.25) is 0 Å². The summed E-state index contributed by atoms with van der Waals surface area (Å²) in [6, 6.07) is 8.87. The van der Waals surface area contributed by atoms with Crippen LogP contribution in [0.4, 0.5) is 0 Å². The lowest BCUT2D eigenvalue weighted by atomic mass is 10.1. The van der Waals surface area contributed by atoms with Crippen LogP contribution < -0.4 is 10.6 Å². The minimum atomic E-state index is -0.160. The highest BCUT2D eigenvalue weighted by Gasteiger charge is 2.21. The Morgan fingerprint density at radius 1 is 1.15 bits per heavy atom. The standard InChI is InChI=1S/C17H26N2O/c1-12-8-10-15(11-9-12)13(2)18-14(3)17(20)19-16-6-4-5-7-16/h8-11,13-14,16,18H,4-7H2,1-3H3,(H,19,20)/t13-,14?/m0/s1.